The summed E-state index contributed by atoms with van der Waals surface area (Å²) in [5, 5.41) is 10.0. The molecule has 0 spiro atoms. The van der Waals surface area contributed by atoms with E-state index in [9.17, 15) is 0 Å². The van der Waals surface area contributed by atoms with Gasteiger partial charge in [-0.05, 0) is 20.3 Å². The van der Waals surface area contributed by atoms with E-state index in [1.807, 2.05) is 13.8 Å². The number of hydrogen-bond donors (Lipinski definition) is 2. The van der Waals surface area contributed by atoms with Crippen molar-refractivity contribution in [2.45, 2.75) is 26.7 Å². The van der Waals surface area contributed by atoms with Crippen molar-refractivity contribution in [2.75, 3.05) is 19.6 Å². The first-order valence-corrected chi connectivity index (χ1v) is 6.18. The molecule has 0 saturated carbocycles. The molecule has 0 fully saturated rings. The fourth-order valence-corrected chi connectivity index (χ4v) is 1.37. The summed E-state index contributed by atoms with van der Waals surface area (Å²) in [6.07, 6.45) is 3.44. The highest BCUT2D eigenvalue weighted by Crippen LogP contribution is 1.99. The Morgan fingerprint density at radius 2 is 2.33 bits per heavy atom. The summed E-state index contributed by atoms with van der Waals surface area (Å²) in [5.74, 6) is 2.15. The van der Waals surface area contributed by atoms with Crippen molar-refractivity contribution in [1.82, 2.24) is 20.8 Å². The predicted molar refractivity (Wildman–Crippen MR) is 71.5 cm³/mol. The lowest BCUT2D eigenvalue weighted by atomic mass is 10.3. The number of hydrogen-bond acceptors (Lipinski definition) is 4. The monoisotopic (exact) mass is 251 g/mol. The lowest BCUT2D eigenvalue weighted by Gasteiger charge is -2.08. The van der Waals surface area contributed by atoms with E-state index in [2.05, 4.69) is 32.3 Å². The van der Waals surface area contributed by atoms with Crippen molar-refractivity contribution in [2.24, 2.45) is 4.99 Å². The van der Waals surface area contributed by atoms with Gasteiger partial charge in [-0.15, -0.1) is 6.58 Å². The van der Waals surface area contributed by atoms with Crippen LogP contribution in [0.1, 0.15) is 25.1 Å². The number of rotatable bonds is 7. The average Bonchev–Trinajstić information content (AvgIpc) is 2.77. The van der Waals surface area contributed by atoms with Gasteiger partial charge in [-0.2, -0.15) is 4.98 Å². The molecule has 6 heteroatoms. The molecule has 1 rings (SSSR count). The summed E-state index contributed by atoms with van der Waals surface area (Å²) in [7, 11) is 0. The van der Waals surface area contributed by atoms with Gasteiger partial charge < -0.3 is 15.2 Å². The van der Waals surface area contributed by atoms with E-state index in [0.717, 1.165) is 25.3 Å². The van der Waals surface area contributed by atoms with Gasteiger partial charge in [-0.25, -0.2) is 0 Å². The van der Waals surface area contributed by atoms with Crippen LogP contribution in [0.5, 0.6) is 0 Å². The largest absolute Gasteiger partial charge is 0.357 e. The van der Waals surface area contributed by atoms with Crippen molar-refractivity contribution < 1.29 is 4.52 Å². The van der Waals surface area contributed by atoms with Crippen LogP contribution in [0.15, 0.2) is 22.2 Å². The standard InChI is InChI=1S/C12H21N5O/c1-4-8-14-12(13-5-2)15-9-6-7-11-16-10(3)17-18-11/h4H,1,5-9H2,2-3H3,(H2,13,14,15). The van der Waals surface area contributed by atoms with Gasteiger partial charge in [-0.3, -0.25) is 4.99 Å². The van der Waals surface area contributed by atoms with Crippen LogP contribution in [0.4, 0.5) is 0 Å². The van der Waals surface area contributed by atoms with Gasteiger partial charge >= 0.3 is 0 Å². The molecule has 0 saturated heterocycles. The summed E-state index contributed by atoms with van der Waals surface area (Å²) >= 11 is 0. The molecule has 18 heavy (non-hydrogen) atoms. The van der Waals surface area contributed by atoms with Crippen LogP contribution in [0, 0.1) is 6.92 Å². The first-order valence-electron chi connectivity index (χ1n) is 6.18. The molecule has 1 heterocycles. The highest BCUT2D eigenvalue weighted by Gasteiger charge is 2.01. The third kappa shape index (κ3) is 5.47. The van der Waals surface area contributed by atoms with E-state index < -0.39 is 0 Å². The maximum atomic E-state index is 5.03. The number of aryl methyl sites for hydroxylation is 2. The van der Waals surface area contributed by atoms with Gasteiger partial charge in [0.25, 0.3) is 0 Å². The smallest absolute Gasteiger partial charge is 0.226 e. The summed E-state index contributed by atoms with van der Waals surface area (Å²) in [4.78, 5) is 8.57. The first-order chi connectivity index (χ1) is 8.76. The van der Waals surface area contributed by atoms with Crippen molar-refractivity contribution in [3.05, 3.63) is 24.4 Å². The Morgan fingerprint density at radius 1 is 1.50 bits per heavy atom. The summed E-state index contributed by atoms with van der Waals surface area (Å²) < 4.78 is 5.03. The van der Waals surface area contributed by atoms with Gasteiger partial charge in [0.2, 0.25) is 5.89 Å². The summed E-state index contributed by atoms with van der Waals surface area (Å²) in [6.45, 7) is 9.76. The molecule has 0 aliphatic carbocycles. The summed E-state index contributed by atoms with van der Waals surface area (Å²) in [6, 6.07) is 0. The van der Waals surface area contributed by atoms with Crippen LogP contribution in [0.25, 0.3) is 0 Å². The minimum Gasteiger partial charge on any atom is -0.357 e. The zero-order valence-corrected chi connectivity index (χ0v) is 11.1. The molecule has 0 bridgehead atoms. The highest BCUT2D eigenvalue weighted by atomic mass is 16.5. The molecule has 0 aromatic carbocycles. The van der Waals surface area contributed by atoms with E-state index in [1.165, 1.54) is 0 Å². The normalized spacial score (nSPS) is 11.3. The molecule has 6 nitrogen and oxygen atoms in total. The SMILES string of the molecule is C=CCNC(=NCCCc1nc(C)no1)NCC. The molecule has 0 aliphatic heterocycles. The van der Waals surface area contributed by atoms with Gasteiger partial charge in [0.15, 0.2) is 11.8 Å². The Bertz CT molecular complexity index is 386. The Kier molecular flexibility index (Phi) is 6.53. The first kappa shape index (κ1) is 14.2. The molecule has 0 atom stereocenters. The molecule has 2 N–H and O–H groups in total. The maximum Gasteiger partial charge on any atom is 0.226 e. The van der Waals surface area contributed by atoms with Crippen LogP contribution in [-0.2, 0) is 6.42 Å². The average molecular weight is 251 g/mol. The minimum absolute atomic E-state index is 0.673. The van der Waals surface area contributed by atoms with Gasteiger partial charge in [0.1, 0.15) is 0 Å². The second-order valence-corrected chi connectivity index (χ2v) is 3.77. The predicted octanol–water partition coefficient (Wildman–Crippen LogP) is 1.05. The zero-order chi connectivity index (χ0) is 13.2. The van der Waals surface area contributed by atoms with Crippen LogP contribution in [-0.4, -0.2) is 35.7 Å². The highest BCUT2D eigenvalue weighted by molar-refractivity contribution is 5.79. The zero-order valence-electron chi connectivity index (χ0n) is 11.1. The second-order valence-electron chi connectivity index (χ2n) is 3.77. The molecule has 1 aromatic heterocycles. The molecule has 0 amide bonds. The second kappa shape index (κ2) is 8.27. The third-order valence-corrected chi connectivity index (χ3v) is 2.15. The Hall–Kier alpha value is -1.85. The number of nitrogens with one attached hydrogen (secondary N) is 2. The quantitative estimate of drug-likeness (QED) is 0.328. The van der Waals surface area contributed by atoms with Crippen LogP contribution >= 0.6 is 0 Å². The van der Waals surface area contributed by atoms with Crippen LogP contribution in [0.2, 0.25) is 0 Å². The van der Waals surface area contributed by atoms with Crippen molar-refractivity contribution in [3.63, 3.8) is 0 Å². The number of aliphatic imine (C=N–C) groups is 1. The molecular weight excluding hydrogens is 230 g/mol. The van der Waals surface area contributed by atoms with Crippen LogP contribution < -0.4 is 10.6 Å². The van der Waals surface area contributed by atoms with Gasteiger partial charge in [-0.1, -0.05) is 11.2 Å². The third-order valence-electron chi connectivity index (χ3n) is 2.15. The van der Waals surface area contributed by atoms with E-state index >= 15 is 0 Å². The van der Waals surface area contributed by atoms with E-state index in [4.69, 9.17) is 4.52 Å². The number of aromatic nitrogens is 2. The molecule has 0 aliphatic rings. The lowest BCUT2D eigenvalue weighted by Crippen LogP contribution is -2.37. The van der Waals surface area contributed by atoms with Gasteiger partial charge in [0.05, 0.1) is 0 Å². The van der Waals surface area contributed by atoms with Crippen molar-refractivity contribution in [3.8, 4) is 0 Å². The van der Waals surface area contributed by atoms with E-state index in [-0.39, 0.29) is 0 Å². The Balaban J connectivity index is 2.29. The van der Waals surface area contributed by atoms with Crippen molar-refractivity contribution in [1.29, 1.82) is 0 Å². The van der Waals surface area contributed by atoms with Crippen molar-refractivity contribution >= 4 is 5.96 Å². The fraction of sp³-hybridized carbons (Fsp3) is 0.583. The fourth-order valence-electron chi connectivity index (χ4n) is 1.37. The molecule has 100 valence electrons. The molecule has 0 radical (unpaired) electrons. The minimum atomic E-state index is 0.673. The Labute approximate surface area is 108 Å². The maximum absolute atomic E-state index is 5.03. The summed E-state index contributed by atoms with van der Waals surface area (Å²) in [5.41, 5.74) is 0. The van der Waals surface area contributed by atoms with Crippen LogP contribution in [0.3, 0.4) is 0 Å². The number of guanidine groups is 1. The lowest BCUT2D eigenvalue weighted by molar-refractivity contribution is 0.372. The van der Waals surface area contributed by atoms with E-state index in [0.29, 0.717) is 24.8 Å². The Morgan fingerprint density at radius 3 is 2.94 bits per heavy atom. The number of nitrogens with zero attached hydrogens (tertiary/aromatic N) is 3. The molecule has 0 unspecified atom stereocenters. The van der Waals surface area contributed by atoms with E-state index in [1.54, 1.807) is 6.08 Å². The van der Waals surface area contributed by atoms with Gasteiger partial charge in [0, 0.05) is 26.1 Å². The molecular formula is C12H21N5O. The molecule has 1 aromatic rings. The topological polar surface area (TPSA) is 75.3 Å².